The zero-order valence-electron chi connectivity index (χ0n) is 23.9. The van der Waals surface area contributed by atoms with E-state index in [0.29, 0.717) is 68.0 Å². The second kappa shape index (κ2) is 11.6. The van der Waals surface area contributed by atoms with Gasteiger partial charge in [-0.15, -0.1) is 11.5 Å². The molecule has 228 valence electrons. The van der Waals surface area contributed by atoms with Crippen molar-refractivity contribution in [2.24, 2.45) is 10.5 Å². The number of alkyl halides is 2. The van der Waals surface area contributed by atoms with Crippen LogP contribution in [0.1, 0.15) is 42.5 Å². The fourth-order valence-corrected chi connectivity index (χ4v) is 5.91. The van der Waals surface area contributed by atoms with Crippen LogP contribution in [-0.2, 0) is 16.0 Å². The van der Waals surface area contributed by atoms with Crippen molar-refractivity contribution in [1.82, 2.24) is 19.5 Å². The smallest absolute Gasteiger partial charge is 0.261 e. The Morgan fingerprint density at radius 3 is 2.77 bits per heavy atom. The molecule has 43 heavy (non-hydrogen) atoms. The predicted molar refractivity (Wildman–Crippen MR) is 156 cm³/mol. The zero-order chi connectivity index (χ0) is 30.2. The first kappa shape index (κ1) is 29.1. The molecule has 12 heteroatoms. The topological polar surface area (TPSA) is 101 Å². The highest BCUT2D eigenvalue weighted by Crippen LogP contribution is 2.47. The number of phenols is 1. The lowest BCUT2D eigenvalue weighted by Crippen LogP contribution is -2.34. The van der Waals surface area contributed by atoms with Crippen LogP contribution in [0.2, 0.25) is 0 Å². The number of nitrogens with zero attached hydrogens (tertiary/aromatic N) is 5. The highest BCUT2D eigenvalue weighted by molar-refractivity contribution is 5.96. The number of hydrazone groups is 1. The lowest BCUT2D eigenvalue weighted by atomic mass is 9.98. The first-order valence-corrected chi connectivity index (χ1v) is 14.5. The molecule has 2 saturated heterocycles. The molecule has 3 aliphatic rings. The number of terminal acetylenes is 1. The first-order valence-electron chi connectivity index (χ1n) is 14.5. The van der Waals surface area contributed by atoms with Crippen molar-refractivity contribution >= 4 is 22.5 Å². The van der Waals surface area contributed by atoms with Gasteiger partial charge < -0.3 is 24.9 Å². The molecule has 1 aliphatic carbocycles. The van der Waals surface area contributed by atoms with E-state index >= 15 is 0 Å². The minimum Gasteiger partial charge on any atom is -0.508 e. The maximum atomic E-state index is 14.6. The van der Waals surface area contributed by atoms with Gasteiger partial charge in [0.1, 0.15) is 17.4 Å². The van der Waals surface area contributed by atoms with Crippen LogP contribution < -0.4 is 5.73 Å². The van der Waals surface area contributed by atoms with Gasteiger partial charge in [-0.05, 0) is 48.4 Å². The first-order chi connectivity index (χ1) is 20.7. The van der Waals surface area contributed by atoms with Crippen LogP contribution in [-0.4, -0.2) is 88.9 Å². The molecule has 0 spiro atoms. The molecule has 3 aromatic rings. The zero-order valence-corrected chi connectivity index (χ0v) is 23.9. The second-order valence-electron chi connectivity index (χ2n) is 11.8. The van der Waals surface area contributed by atoms with Gasteiger partial charge in [-0.25, -0.2) is 18.2 Å². The van der Waals surface area contributed by atoms with Crippen LogP contribution in [0.3, 0.4) is 0 Å². The molecule has 3 heterocycles. The Morgan fingerprint density at radius 2 is 2.02 bits per heavy atom. The van der Waals surface area contributed by atoms with Crippen molar-refractivity contribution in [3.8, 4) is 18.1 Å². The lowest BCUT2D eigenvalue weighted by molar-refractivity contribution is 0.00925. The van der Waals surface area contributed by atoms with Gasteiger partial charge in [0.2, 0.25) is 0 Å². The molecular weight excluding hydrogens is 561 g/mol. The largest absolute Gasteiger partial charge is 0.508 e. The van der Waals surface area contributed by atoms with E-state index < -0.39 is 11.7 Å². The molecule has 6 rings (SSSR count). The molecule has 1 aromatic heterocycles. The van der Waals surface area contributed by atoms with E-state index in [0.717, 1.165) is 19.3 Å². The number of fused-ring (bicyclic) bond motifs is 1. The minimum atomic E-state index is -2.65. The SMILES string of the molecule is C#Cc1c(F)ccc2cc(O)cc(Cn3cnc(/C(=N\N4CCCOCC4)OCC4(CN5CCC(F)(F)C5)CC4)c3N)c12. The number of imidazole rings is 1. The minimum absolute atomic E-state index is 0.00968. The van der Waals surface area contributed by atoms with Gasteiger partial charge in [0.25, 0.3) is 11.8 Å². The summed E-state index contributed by atoms with van der Waals surface area (Å²) in [6.45, 7) is 3.52. The van der Waals surface area contributed by atoms with Crippen LogP contribution in [0, 0.1) is 23.6 Å². The maximum Gasteiger partial charge on any atom is 0.261 e. The van der Waals surface area contributed by atoms with Crippen LogP contribution in [0.15, 0.2) is 35.7 Å². The highest BCUT2D eigenvalue weighted by Gasteiger charge is 2.48. The second-order valence-corrected chi connectivity index (χ2v) is 11.8. The van der Waals surface area contributed by atoms with Gasteiger partial charge in [0, 0.05) is 43.5 Å². The monoisotopic (exact) mass is 596 g/mol. The van der Waals surface area contributed by atoms with E-state index in [1.807, 2.05) is 9.91 Å². The number of ether oxygens (including phenoxy) is 2. The number of hydrogen-bond donors (Lipinski definition) is 2. The molecule has 0 unspecified atom stereocenters. The Bertz CT molecular complexity index is 1570. The summed E-state index contributed by atoms with van der Waals surface area (Å²) in [5, 5.41) is 18.1. The van der Waals surface area contributed by atoms with E-state index in [4.69, 9.17) is 26.7 Å². The van der Waals surface area contributed by atoms with E-state index in [9.17, 15) is 18.3 Å². The molecular formula is C31H35F3N6O3. The number of aromatic nitrogens is 2. The number of halogens is 3. The van der Waals surface area contributed by atoms with Gasteiger partial charge in [0.15, 0.2) is 5.69 Å². The molecule has 2 aliphatic heterocycles. The van der Waals surface area contributed by atoms with Gasteiger partial charge in [-0.2, -0.15) is 0 Å². The number of aromatic hydroxyl groups is 1. The van der Waals surface area contributed by atoms with Crippen molar-refractivity contribution < 1.29 is 27.8 Å². The number of rotatable bonds is 8. The van der Waals surface area contributed by atoms with Crippen molar-refractivity contribution in [3.63, 3.8) is 0 Å². The molecule has 0 bridgehead atoms. The number of nitrogens with two attached hydrogens (primary N) is 1. The van der Waals surface area contributed by atoms with Crippen LogP contribution in [0.5, 0.6) is 5.75 Å². The summed E-state index contributed by atoms with van der Waals surface area (Å²) in [5.74, 6) is -0.229. The van der Waals surface area contributed by atoms with Gasteiger partial charge >= 0.3 is 0 Å². The van der Waals surface area contributed by atoms with Gasteiger partial charge in [-0.1, -0.05) is 12.0 Å². The van der Waals surface area contributed by atoms with Crippen LogP contribution >= 0.6 is 0 Å². The summed E-state index contributed by atoms with van der Waals surface area (Å²) < 4.78 is 55.8. The quantitative estimate of drug-likeness (QED) is 0.230. The number of nitrogen functional groups attached to an aromatic ring is 1. The summed E-state index contributed by atoms with van der Waals surface area (Å²) in [5.41, 5.74) is 7.40. The summed E-state index contributed by atoms with van der Waals surface area (Å²) in [4.78, 5) is 6.36. The van der Waals surface area contributed by atoms with Crippen molar-refractivity contribution in [1.29, 1.82) is 0 Å². The van der Waals surface area contributed by atoms with Crippen molar-refractivity contribution in [3.05, 3.63) is 53.2 Å². The third-order valence-electron chi connectivity index (χ3n) is 8.41. The number of phenolic OH excluding ortho intramolecular Hbond substituents is 1. The van der Waals surface area contributed by atoms with E-state index in [1.165, 1.54) is 18.2 Å². The Hall–Kier alpha value is -3.95. The van der Waals surface area contributed by atoms with Gasteiger partial charge in [-0.3, -0.25) is 9.91 Å². The fraction of sp³-hybridized carbons (Fsp3) is 0.484. The molecule has 0 amide bonds. The lowest BCUT2D eigenvalue weighted by Gasteiger charge is -2.24. The third kappa shape index (κ3) is 6.38. The molecule has 3 N–H and O–H groups in total. The summed E-state index contributed by atoms with van der Waals surface area (Å²) in [7, 11) is 0. The number of likely N-dealkylation sites (tertiary alicyclic amines) is 1. The summed E-state index contributed by atoms with van der Waals surface area (Å²) in [6.07, 6.45) is 9.62. The Morgan fingerprint density at radius 1 is 1.19 bits per heavy atom. The highest BCUT2D eigenvalue weighted by atomic mass is 19.3. The van der Waals surface area contributed by atoms with Crippen molar-refractivity contribution in [2.75, 3.05) is 58.3 Å². The maximum absolute atomic E-state index is 14.6. The van der Waals surface area contributed by atoms with Crippen LogP contribution in [0.25, 0.3) is 10.8 Å². The molecule has 3 fully saturated rings. The number of benzene rings is 2. The Labute approximate surface area is 248 Å². The van der Waals surface area contributed by atoms with E-state index in [2.05, 4.69) is 10.9 Å². The molecule has 0 atom stereocenters. The normalized spacial score (nSPS) is 20.2. The van der Waals surface area contributed by atoms with Crippen molar-refractivity contribution in [2.45, 2.75) is 38.2 Å². The Kier molecular flexibility index (Phi) is 7.87. The molecule has 1 saturated carbocycles. The van der Waals surface area contributed by atoms with E-state index in [-0.39, 0.29) is 48.0 Å². The van der Waals surface area contributed by atoms with Gasteiger partial charge in [0.05, 0.1) is 44.7 Å². The predicted octanol–water partition coefficient (Wildman–Crippen LogP) is 4.01. The standard InChI is InChI=1S/C31H35F3N6O3/c1-2-24-25(32)5-4-21-14-23(41)15-22(26(21)24)16-39-20-36-27(28(39)35)29(37-40-9-3-12-42-13-11-40)43-19-30(6-7-30)17-38-10-8-31(33,34)18-38/h1,4-5,14-15,20,41H,3,6-13,16-19,35H2/b37-29+. The fourth-order valence-electron chi connectivity index (χ4n) is 5.91. The summed E-state index contributed by atoms with van der Waals surface area (Å²) >= 11 is 0. The number of anilines is 1. The third-order valence-corrected chi connectivity index (χ3v) is 8.41. The van der Waals surface area contributed by atoms with E-state index in [1.54, 1.807) is 17.0 Å². The molecule has 2 aromatic carbocycles. The Balaban J connectivity index is 1.28. The average molecular weight is 597 g/mol. The summed E-state index contributed by atoms with van der Waals surface area (Å²) in [6, 6.07) is 5.91. The average Bonchev–Trinajstić information content (AvgIpc) is 3.61. The molecule has 0 radical (unpaired) electrons. The molecule has 9 nitrogen and oxygen atoms in total. The van der Waals surface area contributed by atoms with Crippen LogP contribution in [0.4, 0.5) is 19.0 Å². The number of hydrogen-bond acceptors (Lipinski definition) is 8.